The molecule has 0 spiro atoms. The summed E-state index contributed by atoms with van der Waals surface area (Å²) in [5.41, 5.74) is -0.773. The Morgan fingerprint density at radius 3 is 2.61 bits per heavy atom. The monoisotopic (exact) mass is 338 g/mol. The van der Waals surface area contributed by atoms with Crippen molar-refractivity contribution in [1.82, 2.24) is 9.29 Å². The molecule has 0 saturated carbocycles. The zero-order valence-electron chi connectivity index (χ0n) is 12.0. The van der Waals surface area contributed by atoms with Crippen LogP contribution in [-0.2, 0) is 14.8 Å². The number of aromatic carboxylic acids is 1. The van der Waals surface area contributed by atoms with E-state index in [9.17, 15) is 18.0 Å². The Morgan fingerprint density at radius 2 is 1.96 bits per heavy atom. The van der Waals surface area contributed by atoms with E-state index in [4.69, 9.17) is 9.84 Å². The first-order valence-corrected chi connectivity index (χ1v) is 8.32. The third-order valence-corrected chi connectivity index (χ3v) is 5.59. The second-order valence-electron chi connectivity index (χ2n) is 5.06. The van der Waals surface area contributed by atoms with Crippen LogP contribution in [0.2, 0.25) is 0 Å². The molecule has 2 N–H and O–H groups in total. The average Bonchev–Trinajstić information content (AvgIpc) is 2.55. The van der Waals surface area contributed by atoms with E-state index in [-0.39, 0.29) is 23.4 Å². The number of carbonyl (C=O) groups is 1. The van der Waals surface area contributed by atoms with Crippen molar-refractivity contribution >= 4 is 26.9 Å². The lowest BCUT2D eigenvalue weighted by molar-refractivity contribution is 0.0695. The van der Waals surface area contributed by atoms with Gasteiger partial charge in [-0.25, -0.2) is 13.2 Å². The molecule has 1 aliphatic rings. The molecule has 0 amide bonds. The van der Waals surface area contributed by atoms with E-state index in [2.05, 4.69) is 4.98 Å². The second-order valence-corrected chi connectivity index (χ2v) is 7.00. The molecule has 1 aromatic heterocycles. The normalized spacial score (nSPS) is 16.5. The molecule has 1 fully saturated rings. The fourth-order valence-corrected chi connectivity index (χ4v) is 3.89. The summed E-state index contributed by atoms with van der Waals surface area (Å²) in [5, 5.41) is 9.02. The second kappa shape index (κ2) is 5.76. The molecule has 0 unspecified atom stereocenters. The fraction of sp³-hybridized carbons (Fsp3) is 0.286. The minimum atomic E-state index is -3.75. The Kier molecular flexibility index (Phi) is 3.92. The van der Waals surface area contributed by atoms with Crippen LogP contribution >= 0.6 is 0 Å². The van der Waals surface area contributed by atoms with E-state index in [0.29, 0.717) is 18.7 Å². The number of aromatic amines is 1. The number of morpholine rings is 1. The summed E-state index contributed by atoms with van der Waals surface area (Å²) in [4.78, 5) is 25.9. The Labute approximate surface area is 131 Å². The summed E-state index contributed by atoms with van der Waals surface area (Å²) in [7, 11) is -3.75. The lowest BCUT2D eigenvalue weighted by Gasteiger charge is -2.26. The third kappa shape index (κ3) is 2.74. The highest BCUT2D eigenvalue weighted by Gasteiger charge is 2.27. The third-order valence-electron chi connectivity index (χ3n) is 3.69. The SMILES string of the molecule is O=C(O)c1c[nH]c2ccc(S(=O)(=O)N3CCOCC3)cc2c1=O. The maximum absolute atomic E-state index is 12.6. The average molecular weight is 338 g/mol. The predicted molar refractivity (Wildman–Crippen MR) is 81.1 cm³/mol. The van der Waals surface area contributed by atoms with Gasteiger partial charge in [-0.1, -0.05) is 0 Å². The lowest BCUT2D eigenvalue weighted by Crippen LogP contribution is -2.40. The van der Waals surface area contributed by atoms with Crippen LogP contribution in [0.15, 0.2) is 34.1 Å². The topological polar surface area (TPSA) is 117 Å². The van der Waals surface area contributed by atoms with Gasteiger partial charge in [0.2, 0.25) is 15.5 Å². The van der Waals surface area contributed by atoms with Gasteiger partial charge < -0.3 is 14.8 Å². The highest BCUT2D eigenvalue weighted by Crippen LogP contribution is 2.20. The number of carboxylic acids is 1. The summed E-state index contributed by atoms with van der Waals surface area (Å²) in [6, 6.07) is 4.06. The molecule has 0 radical (unpaired) electrons. The Hall–Kier alpha value is -2.23. The molecule has 3 rings (SSSR count). The number of carboxylic acid groups (broad SMARTS) is 1. The van der Waals surface area contributed by atoms with Crippen LogP contribution < -0.4 is 5.43 Å². The van der Waals surface area contributed by atoms with Gasteiger partial charge in [0.15, 0.2) is 0 Å². The van der Waals surface area contributed by atoms with Crippen molar-refractivity contribution in [2.45, 2.75) is 4.90 Å². The van der Waals surface area contributed by atoms with Gasteiger partial charge in [-0.3, -0.25) is 4.79 Å². The van der Waals surface area contributed by atoms with Crippen molar-refractivity contribution in [3.05, 3.63) is 40.2 Å². The van der Waals surface area contributed by atoms with Crippen molar-refractivity contribution < 1.29 is 23.1 Å². The highest BCUT2D eigenvalue weighted by molar-refractivity contribution is 7.89. The number of rotatable bonds is 3. The van der Waals surface area contributed by atoms with Crippen LogP contribution in [0.1, 0.15) is 10.4 Å². The number of fused-ring (bicyclic) bond motifs is 1. The van der Waals surface area contributed by atoms with Gasteiger partial charge in [0.1, 0.15) is 5.56 Å². The molecule has 2 aromatic rings. The molecule has 0 bridgehead atoms. The highest BCUT2D eigenvalue weighted by atomic mass is 32.2. The number of hydrogen-bond donors (Lipinski definition) is 2. The van der Waals surface area contributed by atoms with E-state index in [0.717, 1.165) is 6.20 Å². The van der Waals surface area contributed by atoms with Gasteiger partial charge >= 0.3 is 5.97 Å². The van der Waals surface area contributed by atoms with E-state index >= 15 is 0 Å². The molecule has 0 atom stereocenters. The molecular weight excluding hydrogens is 324 g/mol. The molecule has 23 heavy (non-hydrogen) atoms. The van der Waals surface area contributed by atoms with E-state index in [1.165, 1.54) is 22.5 Å². The summed E-state index contributed by atoms with van der Waals surface area (Å²) >= 11 is 0. The van der Waals surface area contributed by atoms with Crippen LogP contribution in [0.25, 0.3) is 10.9 Å². The number of benzene rings is 1. The Bertz CT molecular complexity index is 928. The van der Waals surface area contributed by atoms with Crippen molar-refractivity contribution in [2.75, 3.05) is 26.3 Å². The van der Waals surface area contributed by atoms with Gasteiger partial charge in [-0.05, 0) is 18.2 Å². The predicted octanol–water partition coefficient (Wildman–Crippen LogP) is 0.247. The maximum Gasteiger partial charge on any atom is 0.341 e. The van der Waals surface area contributed by atoms with Gasteiger partial charge in [0.25, 0.3) is 0 Å². The molecule has 1 aromatic carbocycles. The number of sulfonamides is 1. The van der Waals surface area contributed by atoms with Crippen molar-refractivity contribution in [2.24, 2.45) is 0 Å². The van der Waals surface area contributed by atoms with Gasteiger partial charge in [-0.2, -0.15) is 4.31 Å². The van der Waals surface area contributed by atoms with Crippen LogP contribution in [0.3, 0.4) is 0 Å². The first-order valence-electron chi connectivity index (χ1n) is 6.88. The molecule has 1 aliphatic heterocycles. The van der Waals surface area contributed by atoms with Crippen LogP contribution in [0.5, 0.6) is 0 Å². The number of nitrogens with zero attached hydrogens (tertiary/aromatic N) is 1. The molecule has 8 nitrogen and oxygen atoms in total. The summed E-state index contributed by atoms with van der Waals surface area (Å²) in [6.45, 7) is 1.12. The fourth-order valence-electron chi connectivity index (χ4n) is 2.45. The molecular formula is C14H14N2O6S. The number of H-pyrrole nitrogens is 1. The summed E-state index contributed by atoms with van der Waals surface area (Å²) in [6.07, 6.45) is 1.10. The van der Waals surface area contributed by atoms with Gasteiger partial charge in [0.05, 0.1) is 18.1 Å². The van der Waals surface area contributed by atoms with E-state index in [1.54, 1.807) is 0 Å². The smallest absolute Gasteiger partial charge is 0.341 e. The number of aromatic nitrogens is 1. The maximum atomic E-state index is 12.6. The number of nitrogens with one attached hydrogen (secondary N) is 1. The number of ether oxygens (including phenoxy) is 1. The van der Waals surface area contributed by atoms with Crippen LogP contribution in [-0.4, -0.2) is 55.1 Å². The van der Waals surface area contributed by atoms with Crippen LogP contribution in [0.4, 0.5) is 0 Å². The van der Waals surface area contributed by atoms with Gasteiger partial charge in [0, 0.05) is 30.2 Å². The largest absolute Gasteiger partial charge is 0.477 e. The van der Waals surface area contributed by atoms with Crippen molar-refractivity contribution in [3.63, 3.8) is 0 Å². The molecule has 1 saturated heterocycles. The van der Waals surface area contributed by atoms with Crippen LogP contribution in [0, 0.1) is 0 Å². The quantitative estimate of drug-likeness (QED) is 0.828. The van der Waals surface area contributed by atoms with E-state index < -0.39 is 27.0 Å². The molecule has 2 heterocycles. The van der Waals surface area contributed by atoms with Crippen molar-refractivity contribution in [1.29, 1.82) is 0 Å². The minimum absolute atomic E-state index is 0.0271. The number of hydrogen-bond acceptors (Lipinski definition) is 5. The van der Waals surface area contributed by atoms with Crippen molar-refractivity contribution in [3.8, 4) is 0 Å². The standard InChI is InChI=1S/C14H14N2O6S/c17-13-10-7-9(23(20,21)16-3-5-22-6-4-16)1-2-12(10)15-8-11(13)14(18)19/h1-2,7-8H,3-6H2,(H,15,17)(H,18,19). The van der Waals surface area contributed by atoms with Gasteiger partial charge in [-0.15, -0.1) is 0 Å². The first kappa shape index (κ1) is 15.7. The summed E-state index contributed by atoms with van der Waals surface area (Å²) < 4.78 is 31.6. The number of pyridine rings is 1. The minimum Gasteiger partial charge on any atom is -0.477 e. The molecule has 0 aliphatic carbocycles. The zero-order valence-corrected chi connectivity index (χ0v) is 12.8. The first-order chi connectivity index (χ1) is 10.9. The summed E-state index contributed by atoms with van der Waals surface area (Å²) in [5.74, 6) is -1.37. The Balaban J connectivity index is 2.14. The molecule has 9 heteroatoms. The lowest BCUT2D eigenvalue weighted by atomic mass is 10.1. The zero-order chi connectivity index (χ0) is 16.6. The van der Waals surface area contributed by atoms with E-state index in [1.807, 2.05) is 0 Å². The molecule has 122 valence electrons. The Morgan fingerprint density at radius 1 is 1.26 bits per heavy atom.